The zero-order valence-electron chi connectivity index (χ0n) is 12.4. The van der Waals surface area contributed by atoms with E-state index in [0.29, 0.717) is 20.9 Å². The second-order valence-electron chi connectivity index (χ2n) is 5.22. The van der Waals surface area contributed by atoms with E-state index < -0.39 is 0 Å². The number of anilines is 1. The van der Waals surface area contributed by atoms with Gasteiger partial charge in [-0.3, -0.25) is 10.1 Å². The Morgan fingerprint density at radius 2 is 1.83 bits per heavy atom. The Bertz CT molecular complexity index is 1010. The molecule has 1 amide bonds. The number of fused-ring (bicyclic) bond motifs is 1. The quantitative estimate of drug-likeness (QED) is 0.599. The van der Waals surface area contributed by atoms with Crippen LogP contribution in [0.25, 0.3) is 15.9 Å². The van der Waals surface area contributed by atoms with Crippen LogP contribution in [0.3, 0.4) is 0 Å². The lowest BCUT2D eigenvalue weighted by molar-refractivity contribution is 0.102. The number of benzene rings is 2. The van der Waals surface area contributed by atoms with Crippen LogP contribution in [0.15, 0.2) is 67.0 Å². The van der Waals surface area contributed by atoms with Crippen LogP contribution >= 0.6 is 11.3 Å². The molecule has 0 radical (unpaired) electrons. The van der Waals surface area contributed by atoms with E-state index in [9.17, 15) is 9.18 Å². The molecule has 0 spiro atoms. The van der Waals surface area contributed by atoms with Crippen LogP contribution in [0.4, 0.5) is 9.52 Å². The largest absolute Gasteiger partial charge is 0.324 e. The van der Waals surface area contributed by atoms with E-state index in [4.69, 9.17) is 0 Å². The molecule has 6 heteroatoms. The highest BCUT2D eigenvalue weighted by Gasteiger charge is 2.10. The molecule has 0 unspecified atom stereocenters. The van der Waals surface area contributed by atoms with Crippen molar-refractivity contribution in [3.63, 3.8) is 0 Å². The average molecular weight is 337 g/mol. The number of amides is 1. The molecule has 1 N–H and O–H groups in total. The highest BCUT2D eigenvalue weighted by Crippen LogP contribution is 2.26. The molecule has 4 nitrogen and oxygen atoms in total. The van der Waals surface area contributed by atoms with Crippen molar-refractivity contribution in [1.82, 2.24) is 9.55 Å². The zero-order valence-corrected chi connectivity index (χ0v) is 13.3. The Morgan fingerprint density at radius 3 is 2.58 bits per heavy atom. The Kier molecular flexibility index (Phi) is 3.59. The SMILES string of the molecule is O=C(Nc1nc2ccc(F)cc2s1)c1ccc(-n2cccc2)cc1. The van der Waals surface area contributed by atoms with Gasteiger partial charge in [-0.05, 0) is 54.6 Å². The molecule has 2 aromatic carbocycles. The van der Waals surface area contributed by atoms with Gasteiger partial charge < -0.3 is 4.57 Å². The van der Waals surface area contributed by atoms with Gasteiger partial charge in [0.15, 0.2) is 5.13 Å². The predicted octanol–water partition coefficient (Wildman–Crippen LogP) is 4.48. The van der Waals surface area contributed by atoms with Gasteiger partial charge in [0.2, 0.25) is 0 Å². The molecule has 118 valence electrons. The minimum absolute atomic E-state index is 0.242. The summed E-state index contributed by atoms with van der Waals surface area (Å²) in [6, 6.07) is 15.5. The van der Waals surface area contributed by atoms with Crippen molar-refractivity contribution in [2.24, 2.45) is 0 Å². The van der Waals surface area contributed by atoms with Gasteiger partial charge in [-0.25, -0.2) is 9.37 Å². The number of nitrogens with one attached hydrogen (secondary N) is 1. The molecule has 0 aliphatic carbocycles. The Hall–Kier alpha value is -2.99. The van der Waals surface area contributed by atoms with Gasteiger partial charge in [0.25, 0.3) is 5.91 Å². The fourth-order valence-electron chi connectivity index (χ4n) is 2.41. The van der Waals surface area contributed by atoms with Crippen LogP contribution in [-0.2, 0) is 0 Å². The monoisotopic (exact) mass is 337 g/mol. The number of aromatic nitrogens is 2. The lowest BCUT2D eigenvalue weighted by Gasteiger charge is -2.05. The number of thiazole rings is 1. The summed E-state index contributed by atoms with van der Waals surface area (Å²) < 4.78 is 15.9. The minimum atomic E-state index is -0.315. The zero-order chi connectivity index (χ0) is 16.5. The third kappa shape index (κ3) is 2.79. The van der Waals surface area contributed by atoms with E-state index in [1.54, 1.807) is 18.2 Å². The number of nitrogens with zero attached hydrogens (tertiary/aromatic N) is 2. The molecular formula is C18H12FN3OS. The Morgan fingerprint density at radius 1 is 1.08 bits per heavy atom. The van der Waals surface area contributed by atoms with Crippen LogP contribution in [-0.4, -0.2) is 15.5 Å². The second-order valence-corrected chi connectivity index (χ2v) is 6.25. The van der Waals surface area contributed by atoms with Gasteiger partial charge in [0.05, 0.1) is 10.2 Å². The van der Waals surface area contributed by atoms with Gasteiger partial charge in [0, 0.05) is 23.6 Å². The molecule has 0 saturated heterocycles. The van der Waals surface area contributed by atoms with Crippen molar-refractivity contribution in [3.05, 3.63) is 78.4 Å². The summed E-state index contributed by atoms with van der Waals surface area (Å²) in [6.45, 7) is 0. The van der Waals surface area contributed by atoms with E-state index in [0.717, 1.165) is 5.69 Å². The van der Waals surface area contributed by atoms with Crippen molar-refractivity contribution in [1.29, 1.82) is 0 Å². The van der Waals surface area contributed by atoms with E-state index in [1.807, 2.05) is 41.2 Å². The maximum atomic E-state index is 13.2. The van der Waals surface area contributed by atoms with Crippen molar-refractivity contribution in [3.8, 4) is 5.69 Å². The van der Waals surface area contributed by atoms with Gasteiger partial charge >= 0.3 is 0 Å². The van der Waals surface area contributed by atoms with Crippen molar-refractivity contribution in [2.45, 2.75) is 0 Å². The predicted molar refractivity (Wildman–Crippen MR) is 93.3 cm³/mol. The number of hydrogen-bond donors (Lipinski definition) is 1. The highest BCUT2D eigenvalue weighted by atomic mass is 32.1. The Labute approximate surface area is 141 Å². The van der Waals surface area contributed by atoms with Crippen molar-refractivity contribution < 1.29 is 9.18 Å². The number of carbonyl (C=O) groups excluding carboxylic acids is 1. The molecule has 0 saturated carbocycles. The van der Waals surface area contributed by atoms with Crippen LogP contribution in [0.2, 0.25) is 0 Å². The molecule has 4 rings (SSSR count). The van der Waals surface area contributed by atoms with E-state index in [2.05, 4.69) is 10.3 Å². The minimum Gasteiger partial charge on any atom is -0.324 e. The van der Waals surface area contributed by atoms with Crippen molar-refractivity contribution >= 4 is 32.6 Å². The number of rotatable bonds is 3. The fourth-order valence-corrected chi connectivity index (χ4v) is 3.30. The smallest absolute Gasteiger partial charge is 0.257 e. The first-order valence-electron chi connectivity index (χ1n) is 7.30. The third-order valence-corrected chi connectivity index (χ3v) is 4.54. The summed E-state index contributed by atoms with van der Waals surface area (Å²) in [5, 5.41) is 3.21. The molecule has 0 fully saturated rings. The van der Waals surface area contributed by atoms with E-state index in [1.165, 1.54) is 23.5 Å². The highest BCUT2D eigenvalue weighted by molar-refractivity contribution is 7.22. The topological polar surface area (TPSA) is 46.9 Å². The molecule has 24 heavy (non-hydrogen) atoms. The summed E-state index contributed by atoms with van der Waals surface area (Å²) in [4.78, 5) is 16.6. The molecule has 0 aliphatic rings. The Balaban J connectivity index is 1.54. The number of hydrogen-bond acceptors (Lipinski definition) is 3. The van der Waals surface area contributed by atoms with Gasteiger partial charge in [-0.2, -0.15) is 0 Å². The summed E-state index contributed by atoms with van der Waals surface area (Å²) in [6.07, 6.45) is 3.88. The average Bonchev–Trinajstić information content (AvgIpc) is 3.23. The second kappa shape index (κ2) is 5.90. The third-order valence-electron chi connectivity index (χ3n) is 3.60. The summed E-state index contributed by atoms with van der Waals surface area (Å²) in [5.41, 5.74) is 2.18. The summed E-state index contributed by atoms with van der Waals surface area (Å²) in [5.74, 6) is -0.557. The van der Waals surface area contributed by atoms with Gasteiger partial charge in [-0.15, -0.1) is 0 Å². The van der Waals surface area contributed by atoms with Crippen molar-refractivity contribution in [2.75, 3.05) is 5.32 Å². The van der Waals surface area contributed by atoms with Crippen LogP contribution in [0, 0.1) is 5.82 Å². The van der Waals surface area contributed by atoms with Crippen LogP contribution < -0.4 is 5.32 Å². The number of halogens is 1. The molecule has 4 aromatic rings. The van der Waals surface area contributed by atoms with E-state index in [-0.39, 0.29) is 11.7 Å². The van der Waals surface area contributed by atoms with Crippen LogP contribution in [0.5, 0.6) is 0 Å². The summed E-state index contributed by atoms with van der Waals surface area (Å²) >= 11 is 1.25. The molecule has 2 aromatic heterocycles. The first kappa shape index (κ1) is 14.6. The standard InChI is InChI=1S/C18H12FN3OS/c19-13-5-8-15-16(11-13)24-18(20-15)21-17(23)12-3-6-14(7-4-12)22-9-1-2-10-22/h1-11H,(H,20,21,23). The van der Waals surface area contributed by atoms with Gasteiger partial charge in [-0.1, -0.05) is 11.3 Å². The van der Waals surface area contributed by atoms with Crippen LogP contribution in [0.1, 0.15) is 10.4 Å². The molecule has 2 heterocycles. The number of carbonyl (C=O) groups is 1. The lowest BCUT2D eigenvalue weighted by Crippen LogP contribution is -2.11. The molecule has 0 atom stereocenters. The van der Waals surface area contributed by atoms with E-state index >= 15 is 0 Å². The molecule has 0 aliphatic heterocycles. The first-order chi connectivity index (χ1) is 11.7. The fraction of sp³-hybridized carbons (Fsp3) is 0. The maximum absolute atomic E-state index is 13.2. The molecular weight excluding hydrogens is 325 g/mol. The normalized spacial score (nSPS) is 10.9. The summed E-state index contributed by atoms with van der Waals surface area (Å²) in [7, 11) is 0. The van der Waals surface area contributed by atoms with Gasteiger partial charge in [0.1, 0.15) is 5.82 Å². The lowest BCUT2D eigenvalue weighted by atomic mass is 10.2. The maximum Gasteiger partial charge on any atom is 0.257 e. The first-order valence-corrected chi connectivity index (χ1v) is 8.11. The molecule has 0 bridgehead atoms.